The molecule has 4 nitrogen and oxygen atoms in total. The number of amides is 1. The Labute approximate surface area is 127 Å². The van der Waals surface area contributed by atoms with Gasteiger partial charge in [0.05, 0.1) is 11.9 Å². The maximum Gasteiger partial charge on any atom is 0.286 e. The summed E-state index contributed by atoms with van der Waals surface area (Å²) >= 11 is 0. The fourth-order valence-electron chi connectivity index (χ4n) is 3.60. The van der Waals surface area contributed by atoms with E-state index in [9.17, 15) is 4.79 Å². The predicted molar refractivity (Wildman–Crippen MR) is 82.3 cm³/mol. The zero-order valence-electron chi connectivity index (χ0n) is 13.4. The normalized spacial score (nSPS) is 24.7. The average molecular weight is 293 g/mol. The Bertz CT molecular complexity index is 449. The van der Waals surface area contributed by atoms with Gasteiger partial charge in [0.2, 0.25) is 0 Å². The molecule has 0 aliphatic carbocycles. The van der Waals surface area contributed by atoms with E-state index in [-0.39, 0.29) is 16.9 Å². The highest BCUT2D eigenvalue weighted by Crippen LogP contribution is 2.44. The lowest BCUT2D eigenvalue weighted by Gasteiger charge is -2.45. The zero-order valence-corrected chi connectivity index (χ0v) is 13.4. The van der Waals surface area contributed by atoms with E-state index in [2.05, 4.69) is 26.1 Å². The minimum absolute atomic E-state index is 0.0571. The summed E-state index contributed by atoms with van der Waals surface area (Å²) in [6.45, 7) is 8.07. The lowest BCUT2D eigenvalue weighted by molar-refractivity contribution is -0.109. The van der Waals surface area contributed by atoms with Gasteiger partial charge in [0.1, 0.15) is 0 Å². The summed E-state index contributed by atoms with van der Waals surface area (Å²) in [6, 6.07) is 3.42. The Morgan fingerprint density at radius 2 is 2.19 bits per heavy atom. The van der Waals surface area contributed by atoms with Crippen LogP contribution < -0.4 is 5.32 Å². The molecule has 1 aliphatic rings. The van der Waals surface area contributed by atoms with E-state index in [0.717, 1.165) is 25.9 Å². The third kappa shape index (κ3) is 4.34. The van der Waals surface area contributed by atoms with Gasteiger partial charge in [-0.2, -0.15) is 0 Å². The van der Waals surface area contributed by atoms with Gasteiger partial charge in [0.15, 0.2) is 5.76 Å². The van der Waals surface area contributed by atoms with Crippen LogP contribution in [0, 0.1) is 5.41 Å². The first-order valence-electron chi connectivity index (χ1n) is 7.92. The Kier molecular flexibility index (Phi) is 5.09. The molecule has 1 aromatic heterocycles. The summed E-state index contributed by atoms with van der Waals surface area (Å²) in [5.41, 5.74) is 0.228. The lowest BCUT2D eigenvalue weighted by atomic mass is 9.69. The minimum atomic E-state index is -0.127. The van der Waals surface area contributed by atoms with Crippen molar-refractivity contribution < 1.29 is 13.9 Å². The molecule has 1 unspecified atom stereocenters. The van der Waals surface area contributed by atoms with Crippen molar-refractivity contribution in [2.75, 3.05) is 13.2 Å². The van der Waals surface area contributed by atoms with Crippen molar-refractivity contribution in [3.63, 3.8) is 0 Å². The fraction of sp³-hybridized carbons (Fsp3) is 0.706. The molecular formula is C17H27NO3. The van der Waals surface area contributed by atoms with E-state index >= 15 is 0 Å². The monoisotopic (exact) mass is 293 g/mol. The van der Waals surface area contributed by atoms with Crippen molar-refractivity contribution in [3.8, 4) is 0 Å². The topological polar surface area (TPSA) is 51.5 Å². The Balaban J connectivity index is 1.89. The molecular weight excluding hydrogens is 266 g/mol. The molecule has 21 heavy (non-hydrogen) atoms. The standard InChI is InChI=1S/C17H27NO3/c1-4-7-17(9-12-21-16(2,3)13-17)8-10-18-15(19)14-6-5-11-20-14/h5-6,11H,4,7-10,12-13H2,1-3H3,(H,18,19). The Morgan fingerprint density at radius 1 is 1.38 bits per heavy atom. The fourth-order valence-corrected chi connectivity index (χ4v) is 3.60. The Morgan fingerprint density at radius 3 is 2.81 bits per heavy atom. The summed E-state index contributed by atoms with van der Waals surface area (Å²) in [5, 5.41) is 2.97. The summed E-state index contributed by atoms with van der Waals surface area (Å²) in [5.74, 6) is 0.254. The summed E-state index contributed by atoms with van der Waals surface area (Å²) in [4.78, 5) is 11.9. The van der Waals surface area contributed by atoms with Crippen LogP contribution in [0.5, 0.6) is 0 Å². The quantitative estimate of drug-likeness (QED) is 0.868. The summed E-state index contributed by atoms with van der Waals surface area (Å²) < 4.78 is 11.0. The lowest BCUT2D eigenvalue weighted by Crippen LogP contribution is -2.43. The van der Waals surface area contributed by atoms with E-state index in [4.69, 9.17) is 9.15 Å². The smallest absolute Gasteiger partial charge is 0.286 e. The van der Waals surface area contributed by atoms with Gasteiger partial charge >= 0.3 is 0 Å². The molecule has 2 rings (SSSR count). The number of ether oxygens (including phenoxy) is 1. The van der Waals surface area contributed by atoms with Crippen LogP contribution in [0.4, 0.5) is 0 Å². The zero-order chi connectivity index (χ0) is 15.3. The number of furan rings is 1. The van der Waals surface area contributed by atoms with Gasteiger partial charge in [-0.05, 0) is 57.1 Å². The first kappa shape index (κ1) is 16.1. The highest BCUT2D eigenvalue weighted by molar-refractivity contribution is 5.91. The molecule has 0 aromatic carbocycles. The van der Waals surface area contributed by atoms with Crippen LogP contribution >= 0.6 is 0 Å². The van der Waals surface area contributed by atoms with Crippen LogP contribution in [0.15, 0.2) is 22.8 Å². The summed E-state index contributed by atoms with van der Waals surface area (Å²) in [6.07, 6.45) is 7.03. The van der Waals surface area contributed by atoms with Crippen molar-refractivity contribution in [1.29, 1.82) is 0 Å². The highest BCUT2D eigenvalue weighted by Gasteiger charge is 2.39. The van der Waals surface area contributed by atoms with Crippen LogP contribution in [-0.2, 0) is 4.74 Å². The van der Waals surface area contributed by atoms with Crippen molar-refractivity contribution in [3.05, 3.63) is 24.2 Å². The molecule has 2 heterocycles. The van der Waals surface area contributed by atoms with Gasteiger partial charge in [-0.3, -0.25) is 4.79 Å². The first-order valence-corrected chi connectivity index (χ1v) is 7.92. The van der Waals surface area contributed by atoms with Crippen LogP contribution in [0.25, 0.3) is 0 Å². The van der Waals surface area contributed by atoms with Crippen molar-refractivity contribution >= 4 is 5.91 Å². The number of hydrogen-bond acceptors (Lipinski definition) is 3. The molecule has 1 aliphatic heterocycles. The molecule has 0 radical (unpaired) electrons. The average Bonchev–Trinajstić information content (AvgIpc) is 2.91. The first-order chi connectivity index (χ1) is 9.96. The number of hydrogen-bond donors (Lipinski definition) is 1. The highest BCUT2D eigenvalue weighted by atomic mass is 16.5. The maximum atomic E-state index is 11.9. The van der Waals surface area contributed by atoms with Gasteiger partial charge in [0.25, 0.3) is 5.91 Å². The largest absolute Gasteiger partial charge is 0.459 e. The molecule has 1 N–H and O–H groups in total. The predicted octanol–water partition coefficient (Wildman–Crippen LogP) is 3.78. The third-order valence-electron chi connectivity index (χ3n) is 4.39. The van der Waals surface area contributed by atoms with Crippen molar-refractivity contribution in [1.82, 2.24) is 5.32 Å². The van der Waals surface area contributed by atoms with E-state index in [1.54, 1.807) is 12.1 Å². The second-order valence-corrected chi connectivity index (χ2v) is 6.77. The van der Waals surface area contributed by atoms with Gasteiger partial charge in [0, 0.05) is 13.2 Å². The maximum absolute atomic E-state index is 11.9. The van der Waals surface area contributed by atoms with Gasteiger partial charge in [-0.15, -0.1) is 0 Å². The molecule has 0 spiro atoms. The van der Waals surface area contributed by atoms with Crippen LogP contribution in [0.3, 0.4) is 0 Å². The van der Waals surface area contributed by atoms with Crippen LogP contribution in [-0.4, -0.2) is 24.7 Å². The molecule has 0 bridgehead atoms. The molecule has 1 fully saturated rings. The molecule has 0 saturated carbocycles. The molecule has 1 atom stereocenters. The number of nitrogens with one attached hydrogen (secondary N) is 1. The van der Waals surface area contributed by atoms with Gasteiger partial charge < -0.3 is 14.5 Å². The SMILES string of the molecule is CCCC1(CCNC(=O)c2ccco2)CCOC(C)(C)C1. The van der Waals surface area contributed by atoms with E-state index in [1.807, 2.05) is 0 Å². The Hall–Kier alpha value is -1.29. The van der Waals surface area contributed by atoms with Crippen LogP contribution in [0.2, 0.25) is 0 Å². The molecule has 1 aromatic rings. The molecule has 4 heteroatoms. The second kappa shape index (κ2) is 6.65. The van der Waals surface area contributed by atoms with Gasteiger partial charge in [-0.25, -0.2) is 0 Å². The second-order valence-electron chi connectivity index (χ2n) is 6.77. The molecule has 1 amide bonds. The molecule has 118 valence electrons. The van der Waals surface area contributed by atoms with Crippen molar-refractivity contribution in [2.45, 2.75) is 58.5 Å². The van der Waals surface area contributed by atoms with Gasteiger partial charge in [-0.1, -0.05) is 13.3 Å². The number of carbonyl (C=O) groups is 1. The number of rotatable bonds is 6. The van der Waals surface area contributed by atoms with Crippen molar-refractivity contribution in [2.24, 2.45) is 5.41 Å². The van der Waals surface area contributed by atoms with E-state index in [1.165, 1.54) is 19.1 Å². The number of carbonyl (C=O) groups excluding carboxylic acids is 1. The van der Waals surface area contributed by atoms with Crippen LogP contribution in [0.1, 0.15) is 63.4 Å². The van der Waals surface area contributed by atoms with E-state index < -0.39 is 0 Å². The van der Waals surface area contributed by atoms with E-state index in [0.29, 0.717) is 12.3 Å². The molecule has 1 saturated heterocycles. The summed E-state index contributed by atoms with van der Waals surface area (Å²) in [7, 11) is 0. The third-order valence-corrected chi connectivity index (χ3v) is 4.39. The minimum Gasteiger partial charge on any atom is -0.459 e.